The maximum atomic E-state index is 12.6. The highest BCUT2D eigenvalue weighted by Crippen LogP contribution is 2.30. The molecule has 0 spiro atoms. The lowest BCUT2D eigenvalue weighted by Gasteiger charge is -2.17. The van der Waals surface area contributed by atoms with Crippen LogP contribution in [0.1, 0.15) is 42.9 Å². The second kappa shape index (κ2) is 8.54. The third-order valence-electron chi connectivity index (χ3n) is 4.25. The first kappa shape index (κ1) is 18.7. The fourth-order valence-electron chi connectivity index (χ4n) is 2.88. The van der Waals surface area contributed by atoms with Gasteiger partial charge in [-0.2, -0.15) is 0 Å². The SMILES string of the molecule is CCOc1ccc([C@@H](C)NC(=O)c2ccc3ccccc3n2)cc1OCC. The van der Waals surface area contributed by atoms with E-state index in [1.165, 1.54) is 0 Å². The van der Waals surface area contributed by atoms with Crippen LogP contribution >= 0.6 is 0 Å². The van der Waals surface area contributed by atoms with Crippen molar-refractivity contribution in [3.8, 4) is 11.5 Å². The van der Waals surface area contributed by atoms with Gasteiger partial charge in [-0.05, 0) is 50.6 Å². The zero-order valence-corrected chi connectivity index (χ0v) is 15.9. The standard InChI is InChI=1S/C22H24N2O3/c1-4-26-20-13-11-17(14-21(20)27-5-2)15(3)23-22(25)19-12-10-16-8-6-7-9-18(16)24-19/h6-15H,4-5H2,1-3H3,(H,23,25)/t15-/m1/s1. The third kappa shape index (κ3) is 4.37. The fraction of sp³-hybridized carbons (Fsp3) is 0.273. The normalized spacial score (nSPS) is 11.8. The van der Waals surface area contributed by atoms with E-state index in [4.69, 9.17) is 9.47 Å². The van der Waals surface area contributed by atoms with E-state index in [1.807, 2.05) is 69.3 Å². The monoisotopic (exact) mass is 364 g/mol. The summed E-state index contributed by atoms with van der Waals surface area (Å²) < 4.78 is 11.3. The van der Waals surface area contributed by atoms with Gasteiger partial charge in [-0.15, -0.1) is 0 Å². The molecule has 0 unspecified atom stereocenters. The quantitative estimate of drug-likeness (QED) is 0.669. The number of ether oxygens (including phenoxy) is 2. The van der Waals surface area contributed by atoms with Crippen LogP contribution in [0.15, 0.2) is 54.6 Å². The predicted molar refractivity (Wildman–Crippen MR) is 106 cm³/mol. The summed E-state index contributed by atoms with van der Waals surface area (Å²) in [6.07, 6.45) is 0. The van der Waals surface area contributed by atoms with E-state index < -0.39 is 0 Å². The molecule has 1 N–H and O–H groups in total. The molecule has 1 heterocycles. The lowest BCUT2D eigenvalue weighted by molar-refractivity contribution is 0.0935. The van der Waals surface area contributed by atoms with Crippen LogP contribution in [-0.4, -0.2) is 24.1 Å². The second-order valence-corrected chi connectivity index (χ2v) is 6.16. The molecule has 2 aromatic carbocycles. The summed E-state index contributed by atoms with van der Waals surface area (Å²) in [5, 5.41) is 4.01. The van der Waals surface area contributed by atoms with Crippen molar-refractivity contribution in [3.05, 3.63) is 65.9 Å². The Morgan fingerprint density at radius 2 is 1.74 bits per heavy atom. The molecule has 0 aliphatic rings. The van der Waals surface area contributed by atoms with E-state index in [1.54, 1.807) is 6.07 Å². The van der Waals surface area contributed by atoms with Crippen molar-refractivity contribution in [2.24, 2.45) is 0 Å². The van der Waals surface area contributed by atoms with Gasteiger partial charge < -0.3 is 14.8 Å². The molecule has 0 saturated heterocycles. The highest BCUT2D eigenvalue weighted by Gasteiger charge is 2.15. The maximum Gasteiger partial charge on any atom is 0.270 e. The molecule has 0 saturated carbocycles. The molecule has 5 heteroatoms. The number of para-hydroxylation sites is 1. The zero-order chi connectivity index (χ0) is 19.2. The number of hydrogen-bond acceptors (Lipinski definition) is 4. The van der Waals surface area contributed by atoms with Crippen LogP contribution in [0.5, 0.6) is 11.5 Å². The van der Waals surface area contributed by atoms with Crippen LogP contribution in [-0.2, 0) is 0 Å². The van der Waals surface area contributed by atoms with E-state index in [2.05, 4.69) is 10.3 Å². The molecule has 0 radical (unpaired) electrons. The van der Waals surface area contributed by atoms with Crippen molar-refractivity contribution < 1.29 is 14.3 Å². The highest BCUT2D eigenvalue weighted by molar-refractivity contribution is 5.95. The molecule has 27 heavy (non-hydrogen) atoms. The van der Waals surface area contributed by atoms with Gasteiger partial charge in [0.1, 0.15) is 5.69 Å². The summed E-state index contributed by atoms with van der Waals surface area (Å²) in [6, 6.07) is 16.9. The second-order valence-electron chi connectivity index (χ2n) is 6.16. The molecule has 1 aromatic heterocycles. The summed E-state index contributed by atoms with van der Waals surface area (Å²) in [7, 11) is 0. The number of hydrogen-bond donors (Lipinski definition) is 1. The van der Waals surface area contributed by atoms with E-state index in [-0.39, 0.29) is 11.9 Å². The molecule has 5 nitrogen and oxygen atoms in total. The number of benzene rings is 2. The predicted octanol–water partition coefficient (Wildman–Crippen LogP) is 4.52. The number of pyridine rings is 1. The first-order valence-electron chi connectivity index (χ1n) is 9.18. The molecule has 3 aromatic rings. The minimum absolute atomic E-state index is 0.194. The number of nitrogens with one attached hydrogen (secondary N) is 1. The van der Waals surface area contributed by atoms with Crippen LogP contribution in [0.4, 0.5) is 0 Å². The Morgan fingerprint density at radius 1 is 1.00 bits per heavy atom. The van der Waals surface area contributed by atoms with Gasteiger partial charge in [0.15, 0.2) is 11.5 Å². The van der Waals surface area contributed by atoms with Gasteiger partial charge in [0, 0.05) is 5.39 Å². The maximum absolute atomic E-state index is 12.6. The first-order valence-corrected chi connectivity index (χ1v) is 9.18. The Hall–Kier alpha value is -3.08. The van der Waals surface area contributed by atoms with Gasteiger partial charge in [-0.1, -0.05) is 30.3 Å². The van der Waals surface area contributed by atoms with Gasteiger partial charge in [0.25, 0.3) is 5.91 Å². The van der Waals surface area contributed by atoms with E-state index in [0.717, 1.165) is 16.5 Å². The van der Waals surface area contributed by atoms with Crippen molar-refractivity contribution in [2.45, 2.75) is 26.8 Å². The Morgan fingerprint density at radius 3 is 2.52 bits per heavy atom. The number of nitrogens with zero attached hydrogens (tertiary/aromatic N) is 1. The minimum Gasteiger partial charge on any atom is -0.490 e. The van der Waals surface area contributed by atoms with Crippen LogP contribution in [0.25, 0.3) is 10.9 Å². The largest absolute Gasteiger partial charge is 0.490 e. The summed E-state index contributed by atoms with van der Waals surface area (Å²) in [5.74, 6) is 1.18. The molecular weight excluding hydrogens is 340 g/mol. The van der Waals surface area contributed by atoms with Crippen molar-refractivity contribution in [1.82, 2.24) is 10.3 Å². The van der Waals surface area contributed by atoms with Crippen molar-refractivity contribution >= 4 is 16.8 Å². The number of carbonyl (C=O) groups excluding carboxylic acids is 1. The minimum atomic E-state index is -0.208. The number of amides is 1. The lowest BCUT2D eigenvalue weighted by atomic mass is 10.1. The van der Waals surface area contributed by atoms with Gasteiger partial charge in [-0.25, -0.2) is 4.98 Å². The van der Waals surface area contributed by atoms with Crippen LogP contribution < -0.4 is 14.8 Å². The summed E-state index contributed by atoms with van der Waals surface area (Å²) in [6.45, 7) is 6.91. The molecule has 1 amide bonds. The van der Waals surface area contributed by atoms with Gasteiger partial charge in [-0.3, -0.25) is 4.79 Å². The van der Waals surface area contributed by atoms with E-state index in [0.29, 0.717) is 30.4 Å². The Balaban J connectivity index is 1.77. The molecule has 140 valence electrons. The summed E-state index contributed by atoms with van der Waals surface area (Å²) in [4.78, 5) is 17.1. The van der Waals surface area contributed by atoms with Crippen molar-refractivity contribution in [3.63, 3.8) is 0 Å². The molecule has 0 bridgehead atoms. The Labute approximate surface area is 159 Å². The molecule has 0 fully saturated rings. The number of rotatable bonds is 7. The highest BCUT2D eigenvalue weighted by atomic mass is 16.5. The zero-order valence-electron chi connectivity index (χ0n) is 15.9. The van der Waals surface area contributed by atoms with Gasteiger partial charge in [0.05, 0.1) is 24.8 Å². The van der Waals surface area contributed by atoms with Crippen LogP contribution in [0, 0.1) is 0 Å². The molecule has 3 rings (SSSR count). The Kier molecular flexibility index (Phi) is 5.91. The van der Waals surface area contributed by atoms with Crippen LogP contribution in [0.2, 0.25) is 0 Å². The average molecular weight is 364 g/mol. The van der Waals surface area contributed by atoms with Crippen LogP contribution in [0.3, 0.4) is 0 Å². The van der Waals surface area contributed by atoms with Crippen molar-refractivity contribution in [2.75, 3.05) is 13.2 Å². The first-order chi connectivity index (χ1) is 13.1. The van der Waals surface area contributed by atoms with Gasteiger partial charge in [0.2, 0.25) is 0 Å². The van der Waals surface area contributed by atoms with Gasteiger partial charge >= 0.3 is 0 Å². The molecule has 1 atom stereocenters. The third-order valence-corrected chi connectivity index (χ3v) is 4.25. The number of fused-ring (bicyclic) bond motifs is 1. The smallest absolute Gasteiger partial charge is 0.270 e. The Bertz CT molecular complexity index is 940. The fourth-order valence-corrected chi connectivity index (χ4v) is 2.88. The van der Waals surface area contributed by atoms with E-state index >= 15 is 0 Å². The average Bonchev–Trinajstić information content (AvgIpc) is 2.69. The van der Waals surface area contributed by atoms with Crippen molar-refractivity contribution in [1.29, 1.82) is 0 Å². The lowest BCUT2D eigenvalue weighted by Crippen LogP contribution is -2.27. The topological polar surface area (TPSA) is 60.5 Å². The summed E-state index contributed by atoms with van der Waals surface area (Å²) in [5.41, 5.74) is 2.14. The summed E-state index contributed by atoms with van der Waals surface area (Å²) >= 11 is 0. The molecular formula is C22H24N2O3. The van der Waals surface area contributed by atoms with E-state index in [9.17, 15) is 4.79 Å². The number of carbonyl (C=O) groups is 1. The molecule has 0 aliphatic carbocycles. The number of aromatic nitrogens is 1. The molecule has 0 aliphatic heterocycles.